The summed E-state index contributed by atoms with van der Waals surface area (Å²) in [5.74, 6) is 0.926. The standard InChI is InChI=1S/C13H21N5/c1-9-12(8-14)13(18(3)16-9)17(2)11-6-4-10(15)5-7-11/h10-11H,4-7,15H2,1-3H3. The van der Waals surface area contributed by atoms with Gasteiger partial charge in [-0.05, 0) is 32.6 Å². The van der Waals surface area contributed by atoms with Crippen LogP contribution in [-0.4, -0.2) is 28.9 Å². The van der Waals surface area contributed by atoms with Crippen LogP contribution in [0.5, 0.6) is 0 Å². The molecule has 2 rings (SSSR count). The highest BCUT2D eigenvalue weighted by atomic mass is 15.4. The van der Waals surface area contributed by atoms with Crippen LogP contribution in [0.4, 0.5) is 5.82 Å². The lowest BCUT2D eigenvalue weighted by Crippen LogP contribution is -2.39. The smallest absolute Gasteiger partial charge is 0.144 e. The molecule has 0 radical (unpaired) electrons. The number of hydrogen-bond donors (Lipinski definition) is 1. The van der Waals surface area contributed by atoms with Crippen LogP contribution >= 0.6 is 0 Å². The molecule has 0 unspecified atom stereocenters. The molecule has 1 aromatic heterocycles. The Bertz CT molecular complexity index is 462. The number of aryl methyl sites for hydroxylation is 2. The van der Waals surface area contributed by atoms with Gasteiger partial charge >= 0.3 is 0 Å². The molecule has 0 bridgehead atoms. The molecule has 0 atom stereocenters. The van der Waals surface area contributed by atoms with Crippen molar-refractivity contribution in [2.75, 3.05) is 11.9 Å². The van der Waals surface area contributed by atoms with Crippen LogP contribution in [0.2, 0.25) is 0 Å². The maximum Gasteiger partial charge on any atom is 0.144 e. The molecule has 0 amide bonds. The van der Waals surface area contributed by atoms with E-state index in [0.29, 0.717) is 17.6 Å². The second-order valence-corrected chi connectivity index (χ2v) is 5.20. The highest BCUT2D eigenvalue weighted by Gasteiger charge is 2.26. The SMILES string of the molecule is Cc1nn(C)c(N(C)C2CCC(N)CC2)c1C#N. The van der Waals surface area contributed by atoms with Crippen LogP contribution in [0.25, 0.3) is 0 Å². The first-order valence-electron chi connectivity index (χ1n) is 6.46. The fourth-order valence-electron chi connectivity index (χ4n) is 2.84. The van der Waals surface area contributed by atoms with Gasteiger partial charge in [-0.1, -0.05) is 0 Å². The maximum absolute atomic E-state index is 9.25. The number of anilines is 1. The van der Waals surface area contributed by atoms with Gasteiger partial charge in [-0.2, -0.15) is 10.4 Å². The average molecular weight is 247 g/mol. The Kier molecular flexibility index (Phi) is 3.58. The van der Waals surface area contributed by atoms with Gasteiger partial charge in [-0.25, -0.2) is 0 Å². The Morgan fingerprint density at radius 2 is 2.00 bits per heavy atom. The van der Waals surface area contributed by atoms with Gasteiger partial charge in [0.25, 0.3) is 0 Å². The molecular weight excluding hydrogens is 226 g/mol. The molecule has 1 aliphatic rings. The first-order valence-corrected chi connectivity index (χ1v) is 6.46. The largest absolute Gasteiger partial charge is 0.356 e. The normalized spacial score (nSPS) is 23.7. The van der Waals surface area contributed by atoms with E-state index in [1.54, 1.807) is 0 Å². The van der Waals surface area contributed by atoms with Crippen LogP contribution in [0.1, 0.15) is 36.9 Å². The zero-order chi connectivity index (χ0) is 13.3. The Hall–Kier alpha value is -1.54. The molecule has 1 saturated carbocycles. The number of nitriles is 1. The van der Waals surface area contributed by atoms with Crippen LogP contribution in [-0.2, 0) is 7.05 Å². The van der Waals surface area contributed by atoms with E-state index in [4.69, 9.17) is 5.73 Å². The van der Waals surface area contributed by atoms with Crippen molar-refractivity contribution in [2.45, 2.75) is 44.7 Å². The molecule has 1 aliphatic carbocycles. The summed E-state index contributed by atoms with van der Waals surface area (Å²) in [4.78, 5) is 2.20. The van der Waals surface area contributed by atoms with Gasteiger partial charge in [0, 0.05) is 26.2 Å². The van der Waals surface area contributed by atoms with Gasteiger partial charge in [0.1, 0.15) is 17.5 Å². The summed E-state index contributed by atoms with van der Waals surface area (Å²) in [7, 11) is 3.95. The molecule has 0 saturated heterocycles. The predicted molar refractivity (Wildman–Crippen MR) is 71.3 cm³/mol. The zero-order valence-corrected chi connectivity index (χ0v) is 11.3. The fourth-order valence-corrected chi connectivity index (χ4v) is 2.84. The number of nitrogens with two attached hydrogens (primary N) is 1. The van der Waals surface area contributed by atoms with Crippen molar-refractivity contribution in [2.24, 2.45) is 12.8 Å². The van der Waals surface area contributed by atoms with Gasteiger partial charge in [0.05, 0.1) is 5.69 Å². The summed E-state index contributed by atoms with van der Waals surface area (Å²) in [6.07, 6.45) is 4.31. The molecule has 2 N–H and O–H groups in total. The minimum Gasteiger partial charge on any atom is -0.356 e. The molecule has 0 aliphatic heterocycles. The lowest BCUT2D eigenvalue weighted by Gasteiger charge is -2.34. The molecule has 5 nitrogen and oxygen atoms in total. The highest BCUT2D eigenvalue weighted by molar-refractivity contribution is 5.57. The second kappa shape index (κ2) is 4.99. The van der Waals surface area contributed by atoms with Gasteiger partial charge in [-0.15, -0.1) is 0 Å². The molecule has 5 heteroatoms. The molecule has 18 heavy (non-hydrogen) atoms. The highest BCUT2D eigenvalue weighted by Crippen LogP contribution is 2.28. The average Bonchev–Trinajstić information content (AvgIpc) is 2.63. The van der Waals surface area contributed by atoms with Crippen molar-refractivity contribution >= 4 is 5.82 Å². The van der Waals surface area contributed by atoms with E-state index < -0.39 is 0 Å². The van der Waals surface area contributed by atoms with Crippen LogP contribution in [0.15, 0.2) is 0 Å². The number of nitrogens with zero attached hydrogens (tertiary/aromatic N) is 4. The van der Waals surface area contributed by atoms with E-state index in [1.165, 1.54) is 0 Å². The Morgan fingerprint density at radius 3 is 2.56 bits per heavy atom. The third kappa shape index (κ3) is 2.21. The van der Waals surface area contributed by atoms with E-state index in [1.807, 2.05) is 18.7 Å². The Balaban J connectivity index is 2.24. The van der Waals surface area contributed by atoms with Gasteiger partial charge in [0.2, 0.25) is 0 Å². The van der Waals surface area contributed by atoms with Crippen molar-refractivity contribution in [1.82, 2.24) is 9.78 Å². The van der Waals surface area contributed by atoms with Crippen molar-refractivity contribution in [3.05, 3.63) is 11.3 Å². The molecule has 0 spiro atoms. The molecule has 1 fully saturated rings. The third-order valence-electron chi connectivity index (χ3n) is 3.93. The zero-order valence-electron chi connectivity index (χ0n) is 11.3. The summed E-state index contributed by atoms with van der Waals surface area (Å²) >= 11 is 0. The van der Waals surface area contributed by atoms with E-state index in [9.17, 15) is 5.26 Å². The van der Waals surface area contributed by atoms with Crippen molar-refractivity contribution in [3.8, 4) is 6.07 Å². The fraction of sp³-hybridized carbons (Fsp3) is 0.692. The topological polar surface area (TPSA) is 70.9 Å². The summed E-state index contributed by atoms with van der Waals surface area (Å²) in [5.41, 5.74) is 7.43. The summed E-state index contributed by atoms with van der Waals surface area (Å²) in [5, 5.41) is 13.6. The van der Waals surface area contributed by atoms with E-state index >= 15 is 0 Å². The van der Waals surface area contributed by atoms with Gasteiger partial charge < -0.3 is 10.6 Å². The second-order valence-electron chi connectivity index (χ2n) is 5.20. The minimum absolute atomic E-state index is 0.346. The third-order valence-corrected chi connectivity index (χ3v) is 3.93. The monoisotopic (exact) mass is 247 g/mol. The number of hydrogen-bond acceptors (Lipinski definition) is 4. The van der Waals surface area contributed by atoms with Crippen molar-refractivity contribution in [3.63, 3.8) is 0 Å². The molecule has 0 aromatic carbocycles. The summed E-state index contributed by atoms with van der Waals surface area (Å²) in [6.45, 7) is 1.88. The molecule has 1 aromatic rings. The number of rotatable bonds is 2. The minimum atomic E-state index is 0.346. The van der Waals surface area contributed by atoms with Crippen molar-refractivity contribution < 1.29 is 0 Å². The van der Waals surface area contributed by atoms with E-state index in [2.05, 4.69) is 23.1 Å². The van der Waals surface area contributed by atoms with E-state index in [0.717, 1.165) is 37.2 Å². The molecule has 98 valence electrons. The molecule has 1 heterocycles. The lowest BCUT2D eigenvalue weighted by molar-refractivity contribution is 0.382. The van der Waals surface area contributed by atoms with Crippen molar-refractivity contribution in [1.29, 1.82) is 5.26 Å². The Labute approximate surface area is 108 Å². The number of aromatic nitrogens is 2. The lowest BCUT2D eigenvalue weighted by atomic mass is 9.91. The first-order chi connectivity index (χ1) is 8.54. The van der Waals surface area contributed by atoms with E-state index in [-0.39, 0.29) is 0 Å². The summed E-state index contributed by atoms with van der Waals surface area (Å²) < 4.78 is 1.81. The maximum atomic E-state index is 9.25. The van der Waals surface area contributed by atoms with Gasteiger partial charge in [-0.3, -0.25) is 4.68 Å². The first kappa shape index (κ1) is 12.9. The Morgan fingerprint density at radius 1 is 1.39 bits per heavy atom. The van der Waals surface area contributed by atoms with Crippen LogP contribution in [0, 0.1) is 18.3 Å². The summed E-state index contributed by atoms with van der Waals surface area (Å²) in [6, 6.07) is 3.07. The molecular formula is C13H21N5. The van der Waals surface area contributed by atoms with Gasteiger partial charge in [0.15, 0.2) is 0 Å². The van der Waals surface area contributed by atoms with Crippen LogP contribution in [0.3, 0.4) is 0 Å². The van der Waals surface area contributed by atoms with Crippen LogP contribution < -0.4 is 10.6 Å². The predicted octanol–water partition coefficient (Wildman–Crippen LogP) is 1.31. The quantitative estimate of drug-likeness (QED) is 0.855.